The minimum Gasteiger partial charge on any atom is -0.340 e. The maximum absolute atomic E-state index is 13.8. The topological polar surface area (TPSA) is 23.6 Å². The summed E-state index contributed by atoms with van der Waals surface area (Å²) < 4.78 is 26.9. The Balaban J connectivity index is 1.63. The van der Waals surface area contributed by atoms with Gasteiger partial charge in [-0.2, -0.15) is 0 Å². The van der Waals surface area contributed by atoms with Gasteiger partial charge in [0, 0.05) is 25.2 Å². The lowest BCUT2D eigenvalue weighted by Crippen LogP contribution is -2.38. The van der Waals surface area contributed by atoms with Crippen molar-refractivity contribution < 1.29 is 13.6 Å². The van der Waals surface area contributed by atoms with Gasteiger partial charge in [-0.05, 0) is 43.1 Å². The molecule has 0 aromatic heterocycles. The fourth-order valence-corrected chi connectivity index (χ4v) is 3.34. The summed E-state index contributed by atoms with van der Waals surface area (Å²) in [6.45, 7) is 1.37. The van der Waals surface area contributed by atoms with E-state index in [1.165, 1.54) is 18.2 Å². The van der Waals surface area contributed by atoms with Crippen LogP contribution in [0.2, 0.25) is 0 Å². The molecular formula is C20H22F2N2O. The number of carbonyl (C=O) groups is 1. The zero-order chi connectivity index (χ0) is 17.8. The molecule has 1 aliphatic rings. The summed E-state index contributed by atoms with van der Waals surface area (Å²) in [5.41, 5.74) is 1.54. The molecule has 2 aromatic carbocycles. The van der Waals surface area contributed by atoms with Crippen molar-refractivity contribution in [2.75, 3.05) is 20.1 Å². The molecule has 1 aliphatic heterocycles. The Morgan fingerprint density at radius 1 is 1.16 bits per heavy atom. The van der Waals surface area contributed by atoms with Gasteiger partial charge in [0.15, 0.2) is 0 Å². The van der Waals surface area contributed by atoms with Crippen LogP contribution in [0.3, 0.4) is 0 Å². The van der Waals surface area contributed by atoms with E-state index in [0.29, 0.717) is 5.56 Å². The molecule has 0 radical (unpaired) electrons. The van der Waals surface area contributed by atoms with E-state index in [1.807, 2.05) is 0 Å². The van der Waals surface area contributed by atoms with E-state index in [2.05, 4.69) is 4.90 Å². The lowest BCUT2D eigenvalue weighted by Gasteiger charge is -2.27. The van der Waals surface area contributed by atoms with Crippen LogP contribution in [0.15, 0.2) is 48.5 Å². The van der Waals surface area contributed by atoms with Gasteiger partial charge in [-0.15, -0.1) is 0 Å². The van der Waals surface area contributed by atoms with Crippen LogP contribution < -0.4 is 0 Å². The summed E-state index contributed by atoms with van der Waals surface area (Å²) in [5, 5.41) is 0. The van der Waals surface area contributed by atoms with E-state index < -0.39 is 0 Å². The molecule has 3 nitrogen and oxygen atoms in total. The van der Waals surface area contributed by atoms with Crippen molar-refractivity contribution in [2.45, 2.75) is 25.4 Å². The van der Waals surface area contributed by atoms with Crippen LogP contribution >= 0.6 is 0 Å². The number of likely N-dealkylation sites (tertiary alicyclic amines) is 1. The van der Waals surface area contributed by atoms with Gasteiger partial charge >= 0.3 is 0 Å². The molecule has 0 saturated carbocycles. The van der Waals surface area contributed by atoms with Gasteiger partial charge in [0.2, 0.25) is 5.91 Å². The summed E-state index contributed by atoms with van der Waals surface area (Å²) >= 11 is 0. The van der Waals surface area contributed by atoms with Crippen molar-refractivity contribution in [1.82, 2.24) is 9.80 Å². The summed E-state index contributed by atoms with van der Waals surface area (Å²) in [7, 11) is 1.69. The molecule has 1 unspecified atom stereocenters. The number of amides is 1. The van der Waals surface area contributed by atoms with Gasteiger partial charge in [-0.25, -0.2) is 8.78 Å². The molecule has 1 atom stereocenters. The van der Waals surface area contributed by atoms with Crippen molar-refractivity contribution in [3.05, 3.63) is 71.3 Å². The van der Waals surface area contributed by atoms with E-state index in [4.69, 9.17) is 0 Å². The Hall–Kier alpha value is -2.27. The summed E-state index contributed by atoms with van der Waals surface area (Å²) in [5.74, 6) is -0.598. The van der Waals surface area contributed by atoms with E-state index in [0.717, 1.165) is 24.9 Å². The van der Waals surface area contributed by atoms with E-state index in [1.54, 1.807) is 42.3 Å². The first-order chi connectivity index (χ1) is 12.0. The molecule has 25 heavy (non-hydrogen) atoms. The third-order valence-electron chi connectivity index (χ3n) is 4.75. The SMILES string of the molecule is CN(Cc1ccccc1F)C(=O)CN1CCCC1c1ccc(F)cc1. The zero-order valence-corrected chi connectivity index (χ0v) is 14.3. The van der Waals surface area contributed by atoms with Crippen LogP contribution in [0.5, 0.6) is 0 Å². The second kappa shape index (κ2) is 7.74. The number of hydrogen-bond acceptors (Lipinski definition) is 2. The van der Waals surface area contributed by atoms with Gasteiger partial charge in [-0.3, -0.25) is 9.69 Å². The second-order valence-electron chi connectivity index (χ2n) is 6.52. The van der Waals surface area contributed by atoms with Crippen LogP contribution in [-0.2, 0) is 11.3 Å². The Bertz CT molecular complexity index is 733. The minimum atomic E-state index is -0.299. The molecule has 1 fully saturated rings. The van der Waals surface area contributed by atoms with Gasteiger partial charge in [0.25, 0.3) is 0 Å². The van der Waals surface area contributed by atoms with Gasteiger partial charge in [-0.1, -0.05) is 30.3 Å². The van der Waals surface area contributed by atoms with Gasteiger partial charge in [0.1, 0.15) is 11.6 Å². The van der Waals surface area contributed by atoms with E-state index in [-0.39, 0.29) is 36.7 Å². The largest absolute Gasteiger partial charge is 0.340 e. The summed E-state index contributed by atoms with van der Waals surface area (Å²) in [6, 6.07) is 13.1. The summed E-state index contributed by atoms with van der Waals surface area (Å²) in [6.07, 6.45) is 1.96. The molecular weight excluding hydrogens is 322 g/mol. The molecule has 0 spiro atoms. The first-order valence-electron chi connectivity index (χ1n) is 8.51. The Morgan fingerprint density at radius 2 is 1.88 bits per heavy atom. The maximum atomic E-state index is 13.8. The second-order valence-corrected chi connectivity index (χ2v) is 6.52. The van der Waals surface area contributed by atoms with E-state index >= 15 is 0 Å². The fourth-order valence-electron chi connectivity index (χ4n) is 3.34. The number of carbonyl (C=O) groups excluding carboxylic acids is 1. The summed E-state index contributed by atoms with van der Waals surface area (Å²) in [4.78, 5) is 16.2. The van der Waals surface area contributed by atoms with Crippen molar-refractivity contribution in [2.24, 2.45) is 0 Å². The number of benzene rings is 2. The third-order valence-corrected chi connectivity index (χ3v) is 4.75. The first kappa shape index (κ1) is 17.5. The predicted octanol–water partition coefficient (Wildman–Crippen LogP) is 3.76. The quantitative estimate of drug-likeness (QED) is 0.824. The predicted molar refractivity (Wildman–Crippen MR) is 92.8 cm³/mol. The number of hydrogen-bond donors (Lipinski definition) is 0. The first-order valence-corrected chi connectivity index (χ1v) is 8.51. The molecule has 1 heterocycles. The van der Waals surface area contributed by atoms with E-state index in [9.17, 15) is 13.6 Å². The highest BCUT2D eigenvalue weighted by molar-refractivity contribution is 5.78. The fraction of sp³-hybridized carbons (Fsp3) is 0.350. The number of likely N-dealkylation sites (N-methyl/N-ethyl adjacent to an activating group) is 1. The maximum Gasteiger partial charge on any atom is 0.236 e. The molecule has 2 aromatic rings. The zero-order valence-electron chi connectivity index (χ0n) is 14.3. The van der Waals surface area contributed by atoms with Crippen LogP contribution in [0, 0.1) is 11.6 Å². The lowest BCUT2D eigenvalue weighted by molar-refractivity contribution is -0.131. The average molecular weight is 344 g/mol. The van der Waals surface area contributed by atoms with Crippen molar-refractivity contribution in [1.29, 1.82) is 0 Å². The van der Waals surface area contributed by atoms with Crippen molar-refractivity contribution >= 4 is 5.91 Å². The lowest BCUT2D eigenvalue weighted by atomic mass is 10.0. The smallest absolute Gasteiger partial charge is 0.236 e. The Morgan fingerprint density at radius 3 is 2.60 bits per heavy atom. The molecule has 132 valence electrons. The third kappa shape index (κ3) is 4.23. The normalized spacial score (nSPS) is 17.6. The van der Waals surface area contributed by atoms with Crippen LogP contribution in [0.1, 0.15) is 30.0 Å². The molecule has 5 heteroatoms. The van der Waals surface area contributed by atoms with Crippen LogP contribution in [0.4, 0.5) is 8.78 Å². The van der Waals surface area contributed by atoms with Crippen molar-refractivity contribution in [3.8, 4) is 0 Å². The number of rotatable bonds is 5. The Labute approximate surface area is 146 Å². The average Bonchev–Trinajstić information content (AvgIpc) is 3.05. The van der Waals surface area contributed by atoms with Crippen molar-refractivity contribution in [3.63, 3.8) is 0 Å². The highest BCUT2D eigenvalue weighted by Gasteiger charge is 2.28. The monoisotopic (exact) mass is 344 g/mol. The number of nitrogens with zero attached hydrogens (tertiary/aromatic N) is 2. The van der Waals surface area contributed by atoms with Gasteiger partial charge in [0.05, 0.1) is 6.54 Å². The van der Waals surface area contributed by atoms with Crippen LogP contribution in [0.25, 0.3) is 0 Å². The highest BCUT2D eigenvalue weighted by atomic mass is 19.1. The molecule has 1 amide bonds. The van der Waals surface area contributed by atoms with Crippen LogP contribution in [-0.4, -0.2) is 35.8 Å². The molecule has 0 N–H and O–H groups in total. The number of halogens is 2. The highest BCUT2D eigenvalue weighted by Crippen LogP contribution is 2.31. The van der Waals surface area contributed by atoms with Gasteiger partial charge < -0.3 is 4.90 Å². The molecule has 0 bridgehead atoms. The Kier molecular flexibility index (Phi) is 5.43. The molecule has 0 aliphatic carbocycles. The minimum absolute atomic E-state index is 0.0442. The molecule has 1 saturated heterocycles. The molecule has 3 rings (SSSR count). The standard InChI is InChI=1S/C20H22F2N2O/c1-23(13-16-5-2-3-6-18(16)22)20(25)14-24-12-4-7-19(24)15-8-10-17(21)11-9-15/h2-3,5-6,8-11,19H,4,7,12-14H2,1H3.